The van der Waals surface area contributed by atoms with Crippen molar-refractivity contribution < 1.29 is 32.7 Å². The maximum Gasteiger partial charge on any atom is 0 e. The first-order valence-corrected chi connectivity index (χ1v) is 9.04. The monoisotopic (exact) mass is 477 g/mol. The fourth-order valence-electron chi connectivity index (χ4n) is 0.589. The summed E-state index contributed by atoms with van der Waals surface area (Å²) in [6.45, 7) is 3.63. The maximum absolute atomic E-state index is 3.63. The SMILES string of the molecule is C=Cc1ccccc1.II.[CH3-].[CH3-].[Y]. The van der Waals surface area contributed by atoms with E-state index in [-0.39, 0.29) is 47.6 Å². The molecule has 1 radical (unpaired) electrons. The van der Waals surface area contributed by atoms with Crippen molar-refractivity contribution in [3.63, 3.8) is 0 Å². The van der Waals surface area contributed by atoms with Gasteiger partial charge in [-0.1, -0.05) is 43.0 Å². The maximum atomic E-state index is 3.63. The summed E-state index contributed by atoms with van der Waals surface area (Å²) in [6, 6.07) is 10.0. The van der Waals surface area contributed by atoms with Crippen molar-refractivity contribution in [3.8, 4) is 0 Å². The average molecular weight is 477 g/mol. The zero-order chi connectivity index (χ0) is 7.82. The minimum atomic E-state index is 0. The Hall–Kier alpha value is 1.52. The Balaban J connectivity index is -0.0000000761. The Kier molecular flexibility index (Phi) is 35.3. The fraction of sp³-hybridized carbons (Fsp3) is 0. The number of hydrogen-bond donors (Lipinski definition) is 0. The molecule has 0 nitrogen and oxygen atoms in total. The fourth-order valence-corrected chi connectivity index (χ4v) is 0.589. The van der Waals surface area contributed by atoms with E-state index in [1.807, 2.05) is 36.4 Å². The Bertz CT molecular complexity index is 176. The molecule has 0 bridgehead atoms. The van der Waals surface area contributed by atoms with Gasteiger partial charge >= 0.3 is 0 Å². The van der Waals surface area contributed by atoms with Gasteiger partial charge in [-0.15, -0.1) is 0 Å². The molecule has 73 valence electrons. The summed E-state index contributed by atoms with van der Waals surface area (Å²) in [5.74, 6) is 0. The molecule has 0 fully saturated rings. The molecule has 13 heavy (non-hydrogen) atoms. The van der Waals surface area contributed by atoms with Gasteiger partial charge in [-0.25, -0.2) is 0 Å². The zero-order valence-electron chi connectivity index (χ0n) is 8.00. The van der Waals surface area contributed by atoms with Crippen LogP contribution in [0.15, 0.2) is 36.9 Å². The Morgan fingerprint density at radius 2 is 1.38 bits per heavy atom. The van der Waals surface area contributed by atoms with Crippen LogP contribution in [0.4, 0.5) is 0 Å². The van der Waals surface area contributed by atoms with Crippen molar-refractivity contribution >= 4 is 43.3 Å². The van der Waals surface area contributed by atoms with E-state index in [1.54, 1.807) is 0 Å². The first-order chi connectivity index (χ1) is 4.93. The number of rotatable bonds is 1. The van der Waals surface area contributed by atoms with Crippen molar-refractivity contribution in [2.45, 2.75) is 0 Å². The standard InChI is InChI=1S/C8H8.2CH3.I2.Y/c1-2-8-6-4-3-5-7-8;;;1-2;/h2-7H,1H2;2*1H3;;/q;2*-1;;. The summed E-state index contributed by atoms with van der Waals surface area (Å²) in [5.41, 5.74) is 1.17. The third kappa shape index (κ3) is 13.5. The molecular weight excluding hydrogens is 463 g/mol. The van der Waals surface area contributed by atoms with E-state index in [4.69, 9.17) is 0 Å². The molecule has 0 aliphatic carbocycles. The van der Waals surface area contributed by atoms with Gasteiger partial charge in [0.15, 0.2) is 0 Å². The van der Waals surface area contributed by atoms with E-state index >= 15 is 0 Å². The van der Waals surface area contributed by atoms with Crippen LogP contribution in [-0.4, -0.2) is 0 Å². The second-order valence-electron chi connectivity index (χ2n) is 1.61. The van der Waals surface area contributed by atoms with Crippen LogP contribution in [0.2, 0.25) is 0 Å². The number of halogens is 2. The van der Waals surface area contributed by atoms with Gasteiger partial charge in [-0.05, 0) is 5.56 Å². The topological polar surface area (TPSA) is 0 Å². The summed E-state index contributed by atoms with van der Waals surface area (Å²) in [4.78, 5) is 0. The molecule has 0 aromatic heterocycles. The van der Waals surface area contributed by atoms with Crippen LogP contribution in [-0.2, 0) is 32.7 Å². The second-order valence-corrected chi connectivity index (χ2v) is 1.61. The van der Waals surface area contributed by atoms with Gasteiger partial charge in [0, 0.05) is 69.9 Å². The molecule has 0 saturated heterocycles. The zero-order valence-corrected chi connectivity index (χ0v) is 15.2. The van der Waals surface area contributed by atoms with E-state index in [0.717, 1.165) is 0 Å². The molecular formula is C10H14I2Y-2. The van der Waals surface area contributed by atoms with E-state index in [2.05, 4.69) is 43.8 Å². The molecule has 0 amide bonds. The van der Waals surface area contributed by atoms with Crippen molar-refractivity contribution in [2.75, 3.05) is 0 Å². The van der Waals surface area contributed by atoms with Crippen LogP contribution in [0.3, 0.4) is 0 Å². The minimum absolute atomic E-state index is 0. The summed E-state index contributed by atoms with van der Waals surface area (Å²) >= 11 is 4.24. The first kappa shape index (κ1) is 24.0. The van der Waals surface area contributed by atoms with Crippen LogP contribution in [0.5, 0.6) is 0 Å². The van der Waals surface area contributed by atoms with Crippen LogP contribution < -0.4 is 0 Å². The van der Waals surface area contributed by atoms with Gasteiger partial charge in [0.05, 0.1) is 0 Å². The van der Waals surface area contributed by atoms with E-state index < -0.39 is 0 Å². The summed E-state index contributed by atoms with van der Waals surface area (Å²) in [6.07, 6.45) is 1.83. The molecule has 0 saturated carbocycles. The molecule has 0 spiro atoms. The Morgan fingerprint density at radius 3 is 1.62 bits per heavy atom. The Morgan fingerprint density at radius 1 is 1.00 bits per heavy atom. The molecule has 0 atom stereocenters. The minimum Gasteiger partial charge on any atom is -0.358 e. The average Bonchev–Trinajstić information content (AvgIpc) is 2.10. The molecule has 1 rings (SSSR count). The number of benzene rings is 1. The second kappa shape index (κ2) is 19.2. The summed E-state index contributed by atoms with van der Waals surface area (Å²) in [5, 5.41) is 0. The molecule has 1 aromatic rings. The molecule has 0 heterocycles. The van der Waals surface area contributed by atoms with Gasteiger partial charge in [0.25, 0.3) is 0 Å². The third-order valence-corrected chi connectivity index (χ3v) is 1.04. The predicted octanol–water partition coefficient (Wildman–Crippen LogP) is 5.00. The van der Waals surface area contributed by atoms with Gasteiger partial charge in [-0.3, -0.25) is 0 Å². The first-order valence-electron chi connectivity index (χ1n) is 2.75. The molecule has 3 heteroatoms. The van der Waals surface area contributed by atoms with Gasteiger partial charge in [0.1, 0.15) is 0 Å². The molecule has 0 N–H and O–H groups in total. The summed E-state index contributed by atoms with van der Waals surface area (Å²) in [7, 11) is 0. The number of hydrogen-bond acceptors (Lipinski definition) is 0. The van der Waals surface area contributed by atoms with E-state index in [1.165, 1.54) is 5.56 Å². The van der Waals surface area contributed by atoms with Crippen molar-refractivity contribution in [1.82, 2.24) is 0 Å². The van der Waals surface area contributed by atoms with Gasteiger partial charge < -0.3 is 14.9 Å². The molecule has 0 aliphatic rings. The van der Waals surface area contributed by atoms with Crippen LogP contribution in [0.25, 0.3) is 6.08 Å². The van der Waals surface area contributed by atoms with Crippen LogP contribution in [0, 0.1) is 14.9 Å². The quantitative estimate of drug-likeness (QED) is 0.395. The third-order valence-electron chi connectivity index (χ3n) is 1.04. The van der Waals surface area contributed by atoms with Crippen LogP contribution >= 0.6 is 37.2 Å². The van der Waals surface area contributed by atoms with Crippen molar-refractivity contribution in [2.24, 2.45) is 0 Å². The molecule has 0 unspecified atom stereocenters. The van der Waals surface area contributed by atoms with Crippen LogP contribution in [0.1, 0.15) is 5.56 Å². The van der Waals surface area contributed by atoms with Gasteiger partial charge in [-0.2, -0.15) is 0 Å². The smallest absolute Gasteiger partial charge is 0 e. The van der Waals surface area contributed by atoms with Crippen molar-refractivity contribution in [3.05, 3.63) is 57.3 Å². The normalized spacial score (nSPS) is 5.69. The largest absolute Gasteiger partial charge is 0.358 e. The predicted molar refractivity (Wildman–Crippen MR) is 77.4 cm³/mol. The Labute approximate surface area is 131 Å². The molecule has 0 aliphatic heterocycles. The molecule has 1 aromatic carbocycles. The van der Waals surface area contributed by atoms with E-state index in [0.29, 0.717) is 0 Å². The van der Waals surface area contributed by atoms with Crippen molar-refractivity contribution in [1.29, 1.82) is 0 Å². The van der Waals surface area contributed by atoms with E-state index in [9.17, 15) is 0 Å². The summed E-state index contributed by atoms with van der Waals surface area (Å²) < 4.78 is 0. The van der Waals surface area contributed by atoms with Gasteiger partial charge in [0.2, 0.25) is 0 Å².